The maximum Gasteiger partial charge on any atom is 0.401 e. The van der Waals surface area contributed by atoms with Crippen LogP contribution in [0.15, 0.2) is 30.5 Å². The number of carbonyl (C=O) groups is 1. The number of aryl methyl sites for hydroxylation is 1. The number of hydrogen-bond acceptors (Lipinski definition) is 6. The molecule has 0 amide bonds. The van der Waals surface area contributed by atoms with Crippen molar-refractivity contribution in [3.05, 3.63) is 47.2 Å². The summed E-state index contributed by atoms with van der Waals surface area (Å²) >= 11 is 0. The molecule has 3 aliphatic rings. The first kappa shape index (κ1) is 28.5. The van der Waals surface area contributed by atoms with E-state index in [9.17, 15) is 23.1 Å². The smallest absolute Gasteiger partial charge is 0.401 e. The van der Waals surface area contributed by atoms with Crippen molar-refractivity contribution < 1.29 is 37.3 Å². The topological polar surface area (TPSA) is 81.1 Å². The van der Waals surface area contributed by atoms with Crippen molar-refractivity contribution in [3.63, 3.8) is 0 Å². The van der Waals surface area contributed by atoms with Crippen molar-refractivity contribution in [3.8, 4) is 17.4 Å². The third-order valence-electron chi connectivity index (χ3n) is 8.47. The Morgan fingerprint density at radius 3 is 2.35 bits per heavy atom. The van der Waals surface area contributed by atoms with Gasteiger partial charge in [0.05, 0.1) is 26.2 Å². The first-order chi connectivity index (χ1) is 19.2. The van der Waals surface area contributed by atoms with Crippen LogP contribution in [0.2, 0.25) is 0 Å². The molecule has 2 heterocycles. The fraction of sp³-hybridized carbons (Fsp3) is 0.600. The minimum Gasteiger partial charge on any atom is -0.497 e. The molecule has 1 saturated carbocycles. The third-order valence-corrected chi connectivity index (χ3v) is 8.47. The van der Waals surface area contributed by atoms with Crippen LogP contribution in [0, 0.1) is 0 Å². The molecule has 7 nitrogen and oxygen atoms in total. The Bertz CT molecular complexity index is 1170. The minimum atomic E-state index is -4.18. The second-order valence-electron chi connectivity index (χ2n) is 11.3. The van der Waals surface area contributed by atoms with E-state index in [-0.39, 0.29) is 30.5 Å². The van der Waals surface area contributed by atoms with Crippen LogP contribution in [0.3, 0.4) is 0 Å². The third kappa shape index (κ3) is 7.19. The molecule has 2 fully saturated rings. The van der Waals surface area contributed by atoms with E-state index >= 15 is 0 Å². The number of nitrogens with zero attached hydrogens (tertiary/aromatic N) is 2. The second kappa shape index (κ2) is 12.2. The lowest BCUT2D eigenvalue weighted by Crippen LogP contribution is -2.39. The van der Waals surface area contributed by atoms with Gasteiger partial charge in [0.25, 0.3) is 0 Å². The highest BCUT2D eigenvalue weighted by atomic mass is 19.4. The highest BCUT2D eigenvalue weighted by Gasteiger charge is 2.34. The van der Waals surface area contributed by atoms with Gasteiger partial charge in [0, 0.05) is 18.3 Å². The van der Waals surface area contributed by atoms with Crippen LogP contribution in [0.1, 0.15) is 79.9 Å². The van der Waals surface area contributed by atoms with Gasteiger partial charge in [-0.15, -0.1) is 0 Å². The van der Waals surface area contributed by atoms with E-state index in [0.29, 0.717) is 37.6 Å². The molecule has 1 aliphatic heterocycles. The van der Waals surface area contributed by atoms with Crippen molar-refractivity contribution in [2.24, 2.45) is 0 Å². The molecule has 2 aromatic rings. The standard InChI is InChI=1S/C30H37F3N2O5/c1-38-24-8-9-25(19-10-12-35(13-11-19)18-30(31,32)33)27(15-24)39-22-4-6-23(7-5-22)40-28-16-26-20(14-29(36)37)2-3-21(26)17-34-28/h8-9,15-17,19-20,22-23H,2-7,10-14,18H2,1H3,(H,36,37). The number of alkyl halides is 3. The van der Waals surface area contributed by atoms with Crippen molar-refractivity contribution in [2.75, 3.05) is 26.7 Å². The van der Waals surface area contributed by atoms with Crippen LogP contribution in [-0.2, 0) is 11.2 Å². The summed E-state index contributed by atoms with van der Waals surface area (Å²) in [5.74, 6) is 1.35. The highest BCUT2D eigenvalue weighted by molar-refractivity contribution is 5.68. The molecule has 0 spiro atoms. The zero-order chi connectivity index (χ0) is 28.3. The largest absolute Gasteiger partial charge is 0.497 e. The molecule has 1 N–H and O–H groups in total. The number of carboxylic acids is 1. The molecule has 1 aromatic heterocycles. The van der Waals surface area contributed by atoms with Crippen LogP contribution < -0.4 is 14.2 Å². The van der Waals surface area contributed by atoms with Gasteiger partial charge in [-0.2, -0.15) is 13.2 Å². The number of aromatic nitrogens is 1. The lowest BCUT2D eigenvalue weighted by molar-refractivity contribution is -0.148. The molecule has 10 heteroatoms. The second-order valence-corrected chi connectivity index (χ2v) is 11.3. The monoisotopic (exact) mass is 562 g/mol. The summed E-state index contributed by atoms with van der Waals surface area (Å²) in [6.45, 7) is -0.0430. The Morgan fingerprint density at radius 2 is 1.70 bits per heavy atom. The Morgan fingerprint density at radius 1 is 1.00 bits per heavy atom. The predicted molar refractivity (Wildman–Crippen MR) is 142 cm³/mol. The quantitative estimate of drug-likeness (QED) is 0.395. The highest BCUT2D eigenvalue weighted by Crippen LogP contribution is 2.40. The number of benzene rings is 1. The molecule has 1 saturated heterocycles. The average molecular weight is 563 g/mol. The first-order valence-corrected chi connectivity index (χ1v) is 14.2. The normalized spacial score (nSPS) is 23.9. The number of fused-ring (bicyclic) bond motifs is 1. The summed E-state index contributed by atoms with van der Waals surface area (Å²) in [6, 6.07) is 7.69. The number of methoxy groups -OCH3 is 1. The van der Waals surface area contributed by atoms with E-state index in [2.05, 4.69) is 4.98 Å². The zero-order valence-electron chi connectivity index (χ0n) is 22.8. The lowest BCUT2D eigenvalue weighted by atomic mass is 9.88. The van der Waals surface area contributed by atoms with E-state index in [1.54, 1.807) is 7.11 Å². The zero-order valence-corrected chi connectivity index (χ0v) is 22.8. The molecule has 2 aliphatic carbocycles. The summed E-state index contributed by atoms with van der Waals surface area (Å²) < 4.78 is 56.6. The Balaban J connectivity index is 1.17. The SMILES string of the molecule is COc1ccc(C2CCN(CC(F)(F)F)CC2)c(OC2CCC(Oc3cc4c(cn3)CCC4CC(=O)O)CC2)c1. The number of aliphatic carboxylic acids is 1. The molecule has 1 atom stereocenters. The van der Waals surface area contributed by atoms with Crippen molar-refractivity contribution in [2.45, 2.75) is 88.0 Å². The molecule has 218 valence electrons. The number of likely N-dealkylation sites (tertiary alicyclic amines) is 1. The number of hydrogen-bond donors (Lipinski definition) is 1. The lowest BCUT2D eigenvalue weighted by Gasteiger charge is -2.34. The maximum absolute atomic E-state index is 12.8. The average Bonchev–Trinajstić information content (AvgIpc) is 3.30. The molecule has 0 radical (unpaired) electrons. The van der Waals surface area contributed by atoms with Gasteiger partial charge >= 0.3 is 12.1 Å². The van der Waals surface area contributed by atoms with E-state index in [1.807, 2.05) is 30.5 Å². The fourth-order valence-corrected chi connectivity index (χ4v) is 6.40. The number of piperidine rings is 1. The van der Waals surface area contributed by atoms with Crippen LogP contribution >= 0.6 is 0 Å². The molecule has 0 bridgehead atoms. The number of ether oxygens (including phenoxy) is 3. The molecular weight excluding hydrogens is 525 g/mol. The van der Waals surface area contributed by atoms with Gasteiger partial charge in [-0.1, -0.05) is 6.07 Å². The van der Waals surface area contributed by atoms with Gasteiger partial charge in [-0.25, -0.2) is 4.98 Å². The minimum absolute atomic E-state index is 0.00366. The predicted octanol–water partition coefficient (Wildman–Crippen LogP) is 6.11. The van der Waals surface area contributed by atoms with E-state index in [4.69, 9.17) is 14.2 Å². The summed E-state index contributed by atoms with van der Waals surface area (Å²) in [4.78, 5) is 17.2. The summed E-state index contributed by atoms with van der Waals surface area (Å²) in [5, 5.41) is 9.22. The van der Waals surface area contributed by atoms with E-state index in [0.717, 1.165) is 61.0 Å². The molecule has 40 heavy (non-hydrogen) atoms. The van der Waals surface area contributed by atoms with Crippen molar-refractivity contribution in [1.82, 2.24) is 9.88 Å². The molecule has 1 aromatic carbocycles. The first-order valence-electron chi connectivity index (χ1n) is 14.2. The maximum atomic E-state index is 12.8. The fourth-order valence-electron chi connectivity index (χ4n) is 6.40. The summed E-state index contributed by atoms with van der Waals surface area (Å²) in [6.07, 6.45) is 3.97. The Hall–Kier alpha value is -3.01. The number of pyridine rings is 1. The van der Waals surface area contributed by atoms with Crippen LogP contribution in [0.25, 0.3) is 0 Å². The molecule has 5 rings (SSSR count). The van der Waals surface area contributed by atoms with Crippen LogP contribution in [0.4, 0.5) is 13.2 Å². The van der Waals surface area contributed by atoms with Crippen LogP contribution in [-0.4, -0.2) is 66.1 Å². The molecule has 1 unspecified atom stereocenters. The van der Waals surface area contributed by atoms with Crippen LogP contribution in [0.5, 0.6) is 17.4 Å². The number of rotatable bonds is 9. The van der Waals surface area contributed by atoms with Gasteiger partial charge in [-0.3, -0.25) is 9.69 Å². The Labute approximate surface area is 232 Å². The van der Waals surface area contributed by atoms with Crippen molar-refractivity contribution in [1.29, 1.82) is 0 Å². The van der Waals surface area contributed by atoms with Gasteiger partial charge in [0.2, 0.25) is 5.88 Å². The van der Waals surface area contributed by atoms with Gasteiger partial charge in [0.1, 0.15) is 17.6 Å². The van der Waals surface area contributed by atoms with Gasteiger partial charge in [0.15, 0.2) is 0 Å². The molecular formula is C30H37F3N2O5. The van der Waals surface area contributed by atoms with E-state index in [1.165, 1.54) is 4.90 Å². The van der Waals surface area contributed by atoms with Gasteiger partial charge in [-0.05, 0) is 99.0 Å². The number of carboxylic acid groups (broad SMARTS) is 1. The van der Waals surface area contributed by atoms with Crippen molar-refractivity contribution >= 4 is 5.97 Å². The van der Waals surface area contributed by atoms with E-state index < -0.39 is 18.7 Å². The summed E-state index contributed by atoms with van der Waals surface area (Å²) in [5.41, 5.74) is 3.18. The summed E-state index contributed by atoms with van der Waals surface area (Å²) in [7, 11) is 1.60. The van der Waals surface area contributed by atoms with Gasteiger partial charge < -0.3 is 19.3 Å². The number of halogens is 3. The Kier molecular flexibility index (Phi) is 8.73.